The molecule has 0 aliphatic rings. The lowest BCUT2D eigenvalue weighted by atomic mass is 9.99. The van der Waals surface area contributed by atoms with Crippen molar-refractivity contribution in [3.63, 3.8) is 0 Å². The molecule has 3 N–H and O–H groups in total. The van der Waals surface area contributed by atoms with Gasteiger partial charge in [0.15, 0.2) is 6.10 Å². The summed E-state index contributed by atoms with van der Waals surface area (Å²) in [6, 6.07) is 21.4. The number of Topliss-reactive ketones (excluding diaryl/α,β-unsaturated/α-hetero) is 1. The van der Waals surface area contributed by atoms with Crippen LogP contribution in [0, 0.1) is 0 Å². The van der Waals surface area contributed by atoms with Crippen molar-refractivity contribution in [2.45, 2.75) is 6.10 Å². The van der Waals surface area contributed by atoms with Crippen molar-refractivity contribution in [1.29, 1.82) is 0 Å². The number of hydrogen-bond acceptors (Lipinski definition) is 5. The predicted molar refractivity (Wildman–Crippen MR) is 97.9 cm³/mol. The summed E-state index contributed by atoms with van der Waals surface area (Å²) < 4.78 is 5.50. The molecular weight excluding hydrogens is 330 g/mol. The third-order valence-corrected chi connectivity index (χ3v) is 3.88. The molecule has 5 nitrogen and oxygen atoms in total. The molecule has 0 saturated heterocycles. The number of hydrogen-bond donors (Lipinski definition) is 2. The number of rotatable bonds is 5. The standard InChI is InChI=1S/C21H17NO4/c22-18-12-11-16(23)13-17(18)21(25)26-20(15-9-5-2-6-10-15)19(24)14-7-3-1-4-8-14/h1-13,20,23H,22H2. The summed E-state index contributed by atoms with van der Waals surface area (Å²) in [5.74, 6) is -1.24. The zero-order valence-electron chi connectivity index (χ0n) is 13.8. The average molecular weight is 347 g/mol. The third kappa shape index (κ3) is 3.72. The van der Waals surface area contributed by atoms with Gasteiger partial charge < -0.3 is 15.6 Å². The van der Waals surface area contributed by atoms with Gasteiger partial charge in [-0.1, -0.05) is 60.7 Å². The van der Waals surface area contributed by atoms with Gasteiger partial charge in [0.25, 0.3) is 0 Å². The molecule has 0 bridgehead atoms. The third-order valence-electron chi connectivity index (χ3n) is 3.88. The Kier molecular flexibility index (Phi) is 4.99. The van der Waals surface area contributed by atoms with E-state index in [0.717, 1.165) is 0 Å². The van der Waals surface area contributed by atoms with Crippen molar-refractivity contribution in [3.05, 3.63) is 95.6 Å². The monoisotopic (exact) mass is 347 g/mol. The molecule has 3 rings (SSSR count). The Morgan fingerprint density at radius 2 is 1.50 bits per heavy atom. The van der Waals surface area contributed by atoms with Crippen molar-refractivity contribution in [1.82, 2.24) is 0 Å². The summed E-state index contributed by atoms with van der Waals surface area (Å²) >= 11 is 0. The zero-order chi connectivity index (χ0) is 18.5. The van der Waals surface area contributed by atoms with Gasteiger partial charge in [0.2, 0.25) is 5.78 Å². The summed E-state index contributed by atoms with van der Waals surface area (Å²) in [5, 5.41) is 9.59. The van der Waals surface area contributed by atoms with Gasteiger partial charge in [0, 0.05) is 16.8 Å². The summed E-state index contributed by atoms with van der Waals surface area (Å²) in [6.45, 7) is 0. The molecule has 3 aromatic carbocycles. The fourth-order valence-electron chi connectivity index (χ4n) is 2.55. The van der Waals surface area contributed by atoms with Crippen molar-refractivity contribution in [2.24, 2.45) is 0 Å². The molecule has 3 aromatic rings. The molecule has 0 fully saturated rings. The highest BCUT2D eigenvalue weighted by Gasteiger charge is 2.27. The maximum atomic E-state index is 12.9. The van der Waals surface area contributed by atoms with Gasteiger partial charge in [-0.15, -0.1) is 0 Å². The number of esters is 1. The lowest BCUT2D eigenvalue weighted by Crippen LogP contribution is -2.21. The zero-order valence-corrected chi connectivity index (χ0v) is 13.8. The first-order valence-electron chi connectivity index (χ1n) is 8.00. The summed E-state index contributed by atoms with van der Waals surface area (Å²) in [7, 11) is 0. The second-order valence-corrected chi connectivity index (χ2v) is 5.70. The van der Waals surface area contributed by atoms with Gasteiger partial charge in [0.1, 0.15) is 5.75 Å². The highest BCUT2D eigenvalue weighted by atomic mass is 16.5. The van der Waals surface area contributed by atoms with Gasteiger partial charge in [-0.2, -0.15) is 0 Å². The number of benzene rings is 3. The molecule has 0 saturated carbocycles. The fraction of sp³-hybridized carbons (Fsp3) is 0.0476. The van der Waals surface area contributed by atoms with E-state index >= 15 is 0 Å². The number of carbonyl (C=O) groups is 2. The predicted octanol–water partition coefficient (Wildman–Crippen LogP) is 3.76. The van der Waals surface area contributed by atoms with E-state index in [-0.39, 0.29) is 22.8 Å². The Hall–Kier alpha value is -3.60. The number of carbonyl (C=O) groups excluding carboxylic acids is 2. The van der Waals surface area contributed by atoms with Crippen LogP contribution in [0.5, 0.6) is 5.75 Å². The van der Waals surface area contributed by atoms with Crippen LogP contribution < -0.4 is 5.73 Å². The largest absolute Gasteiger partial charge is 0.508 e. The van der Waals surface area contributed by atoms with Crippen LogP contribution in [0.3, 0.4) is 0 Å². The van der Waals surface area contributed by atoms with E-state index < -0.39 is 12.1 Å². The molecule has 0 spiro atoms. The first-order chi connectivity index (χ1) is 12.6. The number of aromatic hydroxyl groups is 1. The lowest BCUT2D eigenvalue weighted by molar-refractivity contribution is 0.0280. The molecule has 1 unspecified atom stereocenters. The lowest BCUT2D eigenvalue weighted by Gasteiger charge is -2.18. The first kappa shape index (κ1) is 17.2. The van der Waals surface area contributed by atoms with Gasteiger partial charge in [-0.05, 0) is 18.2 Å². The summed E-state index contributed by atoms with van der Waals surface area (Å²) in [4.78, 5) is 25.5. The van der Waals surface area contributed by atoms with E-state index in [4.69, 9.17) is 10.5 Å². The summed E-state index contributed by atoms with van der Waals surface area (Å²) in [6.07, 6.45) is -1.12. The molecule has 0 aliphatic carbocycles. The Labute approximate surface area is 150 Å². The molecular formula is C21H17NO4. The molecule has 5 heteroatoms. The van der Waals surface area contributed by atoms with E-state index in [1.165, 1.54) is 18.2 Å². The number of ether oxygens (including phenoxy) is 1. The smallest absolute Gasteiger partial charge is 0.341 e. The first-order valence-corrected chi connectivity index (χ1v) is 8.00. The minimum absolute atomic E-state index is 0.00629. The Morgan fingerprint density at radius 1 is 0.885 bits per heavy atom. The Morgan fingerprint density at radius 3 is 2.15 bits per heavy atom. The molecule has 26 heavy (non-hydrogen) atoms. The van der Waals surface area contributed by atoms with Crippen LogP contribution in [0.1, 0.15) is 32.4 Å². The van der Waals surface area contributed by atoms with Crippen LogP contribution in [0.15, 0.2) is 78.9 Å². The van der Waals surface area contributed by atoms with E-state index in [9.17, 15) is 14.7 Å². The van der Waals surface area contributed by atoms with Crippen molar-refractivity contribution in [3.8, 4) is 5.75 Å². The van der Waals surface area contributed by atoms with Crippen molar-refractivity contribution in [2.75, 3.05) is 5.73 Å². The number of phenols is 1. The van der Waals surface area contributed by atoms with E-state index in [1.54, 1.807) is 54.6 Å². The highest BCUT2D eigenvalue weighted by Crippen LogP contribution is 2.26. The highest BCUT2D eigenvalue weighted by molar-refractivity contribution is 6.03. The van der Waals surface area contributed by atoms with Crippen molar-refractivity contribution >= 4 is 17.4 Å². The molecule has 1 atom stereocenters. The average Bonchev–Trinajstić information content (AvgIpc) is 2.68. The van der Waals surface area contributed by atoms with Crippen LogP contribution in [-0.4, -0.2) is 16.9 Å². The number of nitrogens with two attached hydrogens (primary N) is 1. The van der Waals surface area contributed by atoms with Crippen LogP contribution in [-0.2, 0) is 4.74 Å². The molecule has 0 amide bonds. The number of anilines is 1. The maximum absolute atomic E-state index is 12.9. The van der Waals surface area contributed by atoms with Gasteiger partial charge in [-0.3, -0.25) is 4.79 Å². The van der Waals surface area contributed by atoms with E-state index in [2.05, 4.69) is 0 Å². The van der Waals surface area contributed by atoms with Crippen LogP contribution in [0.25, 0.3) is 0 Å². The number of ketones is 1. The minimum Gasteiger partial charge on any atom is -0.508 e. The Bertz CT molecular complexity index is 923. The second-order valence-electron chi connectivity index (χ2n) is 5.70. The van der Waals surface area contributed by atoms with Crippen LogP contribution in [0.4, 0.5) is 5.69 Å². The molecule has 0 radical (unpaired) electrons. The molecule has 0 aliphatic heterocycles. The Balaban J connectivity index is 1.95. The van der Waals surface area contributed by atoms with E-state index in [1.807, 2.05) is 6.07 Å². The molecule has 130 valence electrons. The quantitative estimate of drug-likeness (QED) is 0.317. The van der Waals surface area contributed by atoms with Crippen LogP contribution >= 0.6 is 0 Å². The maximum Gasteiger partial charge on any atom is 0.341 e. The fourth-order valence-corrected chi connectivity index (χ4v) is 2.55. The second kappa shape index (κ2) is 7.53. The number of nitrogen functional groups attached to an aromatic ring is 1. The molecule has 0 aromatic heterocycles. The van der Waals surface area contributed by atoms with Crippen molar-refractivity contribution < 1.29 is 19.4 Å². The van der Waals surface area contributed by atoms with E-state index in [0.29, 0.717) is 11.1 Å². The van der Waals surface area contributed by atoms with Gasteiger partial charge >= 0.3 is 5.97 Å². The van der Waals surface area contributed by atoms with Gasteiger partial charge in [0.05, 0.1) is 5.56 Å². The normalized spacial score (nSPS) is 11.5. The SMILES string of the molecule is Nc1ccc(O)cc1C(=O)OC(C(=O)c1ccccc1)c1ccccc1. The van der Waals surface area contributed by atoms with Crippen LogP contribution in [0.2, 0.25) is 0 Å². The van der Waals surface area contributed by atoms with Gasteiger partial charge in [-0.25, -0.2) is 4.79 Å². The number of phenolic OH excluding ortho intramolecular Hbond substituents is 1. The minimum atomic E-state index is -1.12. The summed E-state index contributed by atoms with van der Waals surface area (Å²) in [5.41, 5.74) is 6.94. The topological polar surface area (TPSA) is 89.6 Å². The molecule has 0 heterocycles.